The zero-order valence-electron chi connectivity index (χ0n) is 26.0. The Balaban J connectivity index is 1.57. The van der Waals surface area contributed by atoms with Crippen LogP contribution in [-0.4, -0.2) is 41.4 Å². The van der Waals surface area contributed by atoms with Gasteiger partial charge >= 0.3 is 12.2 Å². The third-order valence-corrected chi connectivity index (χ3v) is 8.20. The third kappa shape index (κ3) is 7.55. The van der Waals surface area contributed by atoms with Gasteiger partial charge in [-0.3, -0.25) is 4.90 Å². The van der Waals surface area contributed by atoms with E-state index in [2.05, 4.69) is 63.3 Å². The summed E-state index contributed by atoms with van der Waals surface area (Å²) >= 11 is 0. The zero-order chi connectivity index (χ0) is 30.0. The van der Waals surface area contributed by atoms with E-state index in [1.165, 1.54) is 5.56 Å². The number of nitrogens with zero attached hydrogens (tertiary/aromatic N) is 1. The van der Waals surface area contributed by atoms with Crippen molar-refractivity contribution in [2.75, 3.05) is 12.3 Å². The van der Waals surface area contributed by atoms with Crippen molar-refractivity contribution >= 4 is 17.9 Å². The smallest absolute Gasteiger partial charge is 0.411 e. The highest BCUT2D eigenvalue weighted by molar-refractivity contribution is 5.73. The van der Waals surface area contributed by atoms with Gasteiger partial charge in [-0.15, -0.1) is 0 Å². The van der Waals surface area contributed by atoms with Crippen LogP contribution < -0.4 is 11.1 Å². The SMILES string of the molecule is CCCCCc1cc(C[C@H](NC(=O)OC(C)(C)C)[C@H]2CN(C3(c4cccc(C(C)(C)C)c4)CC3)C(=O)O2)ccc1N. The molecule has 1 saturated heterocycles. The molecule has 0 spiro atoms. The van der Waals surface area contributed by atoms with Gasteiger partial charge in [0, 0.05) is 5.69 Å². The molecule has 1 aliphatic heterocycles. The summed E-state index contributed by atoms with van der Waals surface area (Å²) < 4.78 is 11.6. The molecule has 2 amide bonds. The molecule has 3 N–H and O–H groups in total. The maximum atomic E-state index is 13.4. The van der Waals surface area contributed by atoms with Gasteiger partial charge in [0.15, 0.2) is 0 Å². The number of carbonyl (C=O) groups is 2. The lowest BCUT2D eigenvalue weighted by molar-refractivity contribution is 0.0436. The highest BCUT2D eigenvalue weighted by Crippen LogP contribution is 2.53. The summed E-state index contributed by atoms with van der Waals surface area (Å²) in [5.41, 5.74) is 10.6. The topological polar surface area (TPSA) is 93.9 Å². The minimum atomic E-state index is -0.642. The van der Waals surface area contributed by atoms with Crippen LogP contribution in [0.4, 0.5) is 15.3 Å². The number of carbonyl (C=O) groups excluding carboxylic acids is 2. The largest absolute Gasteiger partial charge is 0.444 e. The Kier molecular flexibility index (Phi) is 8.95. The molecule has 0 unspecified atom stereocenters. The molecule has 2 aromatic carbocycles. The van der Waals surface area contributed by atoms with Crippen molar-refractivity contribution in [2.45, 2.75) is 122 Å². The predicted molar refractivity (Wildman–Crippen MR) is 164 cm³/mol. The summed E-state index contributed by atoms with van der Waals surface area (Å²) in [6.45, 7) is 14.7. The van der Waals surface area contributed by atoms with Gasteiger partial charge in [-0.25, -0.2) is 9.59 Å². The van der Waals surface area contributed by atoms with Gasteiger partial charge in [0.05, 0.1) is 18.1 Å². The van der Waals surface area contributed by atoms with Gasteiger partial charge in [0.25, 0.3) is 0 Å². The van der Waals surface area contributed by atoms with Crippen LogP contribution in [0.25, 0.3) is 0 Å². The van der Waals surface area contributed by atoms with Crippen molar-refractivity contribution in [3.63, 3.8) is 0 Å². The highest BCUT2D eigenvalue weighted by atomic mass is 16.6. The summed E-state index contributed by atoms with van der Waals surface area (Å²) in [4.78, 5) is 28.2. The van der Waals surface area contributed by atoms with Crippen molar-refractivity contribution in [1.82, 2.24) is 10.2 Å². The molecule has 41 heavy (non-hydrogen) atoms. The van der Waals surface area contributed by atoms with E-state index in [1.807, 2.05) is 37.8 Å². The van der Waals surface area contributed by atoms with Crippen LogP contribution in [0.1, 0.15) is 103 Å². The Labute approximate surface area is 246 Å². The monoisotopic (exact) mass is 563 g/mol. The molecular weight excluding hydrogens is 514 g/mol. The average molecular weight is 564 g/mol. The van der Waals surface area contributed by atoms with E-state index in [4.69, 9.17) is 15.2 Å². The molecule has 4 rings (SSSR count). The number of hydrogen-bond acceptors (Lipinski definition) is 5. The van der Waals surface area contributed by atoms with E-state index < -0.39 is 23.8 Å². The Bertz CT molecular complexity index is 1240. The maximum absolute atomic E-state index is 13.4. The normalized spacial score (nSPS) is 19.0. The number of amides is 2. The number of cyclic esters (lactones) is 1. The number of aryl methyl sites for hydroxylation is 1. The molecule has 2 fully saturated rings. The summed E-state index contributed by atoms with van der Waals surface area (Å²) in [6, 6.07) is 14.2. The summed E-state index contributed by atoms with van der Waals surface area (Å²) in [6.07, 6.45) is 5.22. The van der Waals surface area contributed by atoms with Crippen molar-refractivity contribution < 1.29 is 19.1 Å². The summed E-state index contributed by atoms with van der Waals surface area (Å²) in [7, 11) is 0. The van der Waals surface area contributed by atoms with Crippen molar-refractivity contribution in [2.24, 2.45) is 0 Å². The number of benzene rings is 2. The minimum Gasteiger partial charge on any atom is -0.444 e. The first-order valence-electron chi connectivity index (χ1n) is 15.2. The van der Waals surface area contributed by atoms with Gasteiger partial charge in [-0.1, -0.05) is 76.9 Å². The van der Waals surface area contributed by atoms with Crippen LogP contribution in [0.3, 0.4) is 0 Å². The summed E-state index contributed by atoms with van der Waals surface area (Å²) in [5, 5.41) is 3.04. The van der Waals surface area contributed by atoms with Crippen molar-refractivity contribution in [1.29, 1.82) is 0 Å². The third-order valence-electron chi connectivity index (χ3n) is 8.20. The predicted octanol–water partition coefficient (Wildman–Crippen LogP) is 7.24. The number of nitrogens with one attached hydrogen (secondary N) is 1. The first-order valence-corrected chi connectivity index (χ1v) is 15.2. The standard InChI is InChI=1S/C34H49N3O4/c1-8-9-10-12-24-19-23(15-16-27(24)35)20-28(36-30(38)41-33(5,6)7)29-22-37(31(39)40-29)34(17-18-34)26-14-11-13-25(21-26)32(2,3)4/h11,13-16,19,21,28-29H,8-10,12,17-18,20,22,35H2,1-7H3,(H,36,38)/t28-,29+/m0/s1. The lowest BCUT2D eigenvalue weighted by atomic mass is 9.85. The molecule has 2 atom stereocenters. The fraction of sp³-hybridized carbons (Fsp3) is 0.588. The maximum Gasteiger partial charge on any atom is 0.411 e. The zero-order valence-corrected chi connectivity index (χ0v) is 26.0. The van der Waals surface area contributed by atoms with E-state index in [0.717, 1.165) is 60.9 Å². The van der Waals surface area contributed by atoms with Gasteiger partial charge < -0.3 is 20.5 Å². The number of ether oxygens (including phenoxy) is 2. The fourth-order valence-electron chi connectivity index (χ4n) is 5.71. The highest BCUT2D eigenvalue weighted by Gasteiger charge is 2.56. The molecule has 1 aliphatic carbocycles. The minimum absolute atomic E-state index is 0.0110. The van der Waals surface area contributed by atoms with Gasteiger partial charge in [0.2, 0.25) is 0 Å². The van der Waals surface area contributed by atoms with Crippen LogP contribution >= 0.6 is 0 Å². The van der Waals surface area contributed by atoms with Gasteiger partial charge in [-0.2, -0.15) is 0 Å². The first kappa shape index (κ1) is 30.7. The van der Waals surface area contributed by atoms with E-state index in [1.54, 1.807) is 0 Å². The number of unbranched alkanes of at least 4 members (excludes halogenated alkanes) is 2. The van der Waals surface area contributed by atoms with Gasteiger partial charge in [0.1, 0.15) is 11.7 Å². The molecule has 0 bridgehead atoms. The number of nitrogen functional groups attached to an aromatic ring is 1. The molecular formula is C34H49N3O4. The van der Waals surface area contributed by atoms with Crippen LogP contribution in [0.2, 0.25) is 0 Å². The lowest BCUT2D eigenvalue weighted by Gasteiger charge is -2.29. The molecule has 0 aromatic heterocycles. The Morgan fingerprint density at radius 2 is 1.85 bits per heavy atom. The van der Waals surface area contributed by atoms with Crippen LogP contribution in [-0.2, 0) is 33.3 Å². The number of nitrogens with two attached hydrogens (primary N) is 1. The van der Waals surface area contributed by atoms with Crippen molar-refractivity contribution in [3.05, 3.63) is 64.7 Å². The average Bonchev–Trinajstić information content (AvgIpc) is 3.59. The van der Waals surface area contributed by atoms with E-state index in [-0.39, 0.29) is 17.0 Å². The van der Waals surface area contributed by atoms with Crippen LogP contribution in [0.15, 0.2) is 42.5 Å². The molecule has 7 nitrogen and oxygen atoms in total. The number of rotatable bonds is 10. The molecule has 7 heteroatoms. The molecule has 2 aromatic rings. The summed E-state index contributed by atoms with van der Waals surface area (Å²) in [5.74, 6) is 0. The Morgan fingerprint density at radius 3 is 2.49 bits per heavy atom. The Morgan fingerprint density at radius 1 is 1.12 bits per heavy atom. The van der Waals surface area contributed by atoms with E-state index in [9.17, 15) is 9.59 Å². The van der Waals surface area contributed by atoms with E-state index >= 15 is 0 Å². The second-order valence-electron chi connectivity index (χ2n) is 13.8. The van der Waals surface area contributed by atoms with E-state index in [0.29, 0.717) is 13.0 Å². The first-order chi connectivity index (χ1) is 19.2. The second kappa shape index (κ2) is 11.9. The second-order valence-corrected chi connectivity index (χ2v) is 13.8. The number of anilines is 1. The van der Waals surface area contributed by atoms with Gasteiger partial charge in [-0.05, 0) is 86.6 Å². The molecule has 2 aliphatic rings. The van der Waals surface area contributed by atoms with Crippen molar-refractivity contribution in [3.8, 4) is 0 Å². The fourth-order valence-corrected chi connectivity index (χ4v) is 5.71. The Hall–Kier alpha value is -3.22. The molecule has 0 radical (unpaired) electrons. The quantitative estimate of drug-likeness (QED) is 0.235. The molecule has 1 saturated carbocycles. The number of alkyl carbamates (subject to hydrolysis) is 1. The molecule has 224 valence electrons. The van der Waals surface area contributed by atoms with Crippen LogP contribution in [0.5, 0.6) is 0 Å². The number of hydrogen-bond donors (Lipinski definition) is 2. The lowest BCUT2D eigenvalue weighted by Crippen LogP contribution is -2.48. The molecule has 1 heterocycles. The van der Waals surface area contributed by atoms with Crippen LogP contribution in [0, 0.1) is 0 Å².